The smallest absolute Gasteiger partial charge is 0.262 e. The molecular weight excluding hydrogens is 288 g/mol. The maximum atomic E-state index is 13.1. The fraction of sp³-hybridized carbons (Fsp3) is 0.300. The quantitative estimate of drug-likeness (QED) is 0.802. The molecule has 0 aliphatic rings. The average molecular weight is 298 g/mol. The van der Waals surface area contributed by atoms with E-state index in [1.165, 1.54) is 7.05 Å². The number of hydrogen-bond donors (Lipinski definition) is 0. The van der Waals surface area contributed by atoms with E-state index in [0.717, 1.165) is 4.90 Å². The first-order valence-corrected chi connectivity index (χ1v) is 7.18. The molecule has 100 valence electrons. The Kier molecular flexibility index (Phi) is 4.28. The van der Waals surface area contributed by atoms with Gasteiger partial charge in [-0.1, -0.05) is 0 Å². The monoisotopic (exact) mass is 297 g/mol. The van der Waals surface area contributed by atoms with Gasteiger partial charge in [-0.15, -0.1) is 0 Å². The van der Waals surface area contributed by atoms with Crippen molar-refractivity contribution in [2.24, 2.45) is 0 Å². The van der Waals surface area contributed by atoms with Crippen LogP contribution < -0.4 is 0 Å². The second kappa shape index (κ2) is 5.19. The number of hydrogen-bond acceptors (Lipinski definition) is 3. The van der Waals surface area contributed by atoms with Crippen LogP contribution in [0.2, 0.25) is 0 Å². The molecule has 0 unspecified atom stereocenters. The van der Waals surface area contributed by atoms with Crippen LogP contribution in [0.5, 0.6) is 0 Å². The van der Waals surface area contributed by atoms with Gasteiger partial charge in [0.25, 0.3) is 15.0 Å². The summed E-state index contributed by atoms with van der Waals surface area (Å²) in [7, 11) is 2.15. The Balaban J connectivity index is 3.52. The average Bonchev–Trinajstić information content (AvgIpc) is 2.28. The topological polar surface area (TPSA) is 54.5 Å². The van der Waals surface area contributed by atoms with Gasteiger partial charge in [0.1, 0.15) is 0 Å². The summed E-state index contributed by atoms with van der Waals surface area (Å²) >= 11 is 0. The SMILES string of the molecule is CCN(C)C(=O)c1cc(F)c(F)cc1S(=O)(=O)Cl. The predicted octanol–water partition coefficient (Wildman–Crippen LogP) is 1.98. The van der Waals surface area contributed by atoms with Gasteiger partial charge in [0, 0.05) is 24.3 Å². The molecule has 0 fully saturated rings. The summed E-state index contributed by atoms with van der Waals surface area (Å²) in [6.45, 7) is 1.92. The van der Waals surface area contributed by atoms with Gasteiger partial charge in [0.15, 0.2) is 11.6 Å². The van der Waals surface area contributed by atoms with E-state index in [9.17, 15) is 22.0 Å². The number of benzene rings is 1. The number of carbonyl (C=O) groups is 1. The highest BCUT2D eigenvalue weighted by atomic mass is 35.7. The molecule has 4 nitrogen and oxygen atoms in total. The van der Waals surface area contributed by atoms with Crippen LogP contribution >= 0.6 is 10.7 Å². The van der Waals surface area contributed by atoms with Crippen molar-refractivity contribution in [2.75, 3.05) is 13.6 Å². The van der Waals surface area contributed by atoms with Gasteiger partial charge in [-0.25, -0.2) is 17.2 Å². The summed E-state index contributed by atoms with van der Waals surface area (Å²) in [6.07, 6.45) is 0. The molecule has 18 heavy (non-hydrogen) atoms. The Bertz CT molecular complexity index is 589. The lowest BCUT2D eigenvalue weighted by atomic mass is 10.2. The molecule has 0 bridgehead atoms. The first-order valence-electron chi connectivity index (χ1n) is 4.87. The van der Waals surface area contributed by atoms with Gasteiger partial charge in [-0.2, -0.15) is 0 Å². The van der Waals surface area contributed by atoms with Crippen LogP contribution in [-0.2, 0) is 9.05 Å². The van der Waals surface area contributed by atoms with E-state index in [4.69, 9.17) is 10.7 Å². The van der Waals surface area contributed by atoms with Gasteiger partial charge in [0.2, 0.25) is 0 Å². The zero-order valence-electron chi connectivity index (χ0n) is 9.58. The fourth-order valence-corrected chi connectivity index (χ4v) is 2.28. The van der Waals surface area contributed by atoms with Crippen LogP contribution in [0, 0.1) is 11.6 Å². The van der Waals surface area contributed by atoms with E-state index < -0.39 is 37.1 Å². The van der Waals surface area contributed by atoms with Gasteiger partial charge in [-0.05, 0) is 19.1 Å². The molecule has 1 aromatic carbocycles. The summed E-state index contributed by atoms with van der Waals surface area (Å²) in [4.78, 5) is 12.2. The van der Waals surface area contributed by atoms with Crippen LogP contribution in [0.3, 0.4) is 0 Å². The number of nitrogens with zero attached hydrogens (tertiary/aromatic N) is 1. The molecule has 0 radical (unpaired) electrons. The van der Waals surface area contributed by atoms with Crippen LogP contribution in [0.4, 0.5) is 8.78 Å². The molecule has 1 amide bonds. The zero-order chi connectivity index (χ0) is 14.1. The highest BCUT2D eigenvalue weighted by Gasteiger charge is 2.25. The van der Waals surface area contributed by atoms with Gasteiger partial charge >= 0.3 is 0 Å². The molecule has 0 aliphatic heterocycles. The third kappa shape index (κ3) is 2.97. The van der Waals surface area contributed by atoms with Gasteiger partial charge in [-0.3, -0.25) is 4.79 Å². The Hall–Kier alpha value is -1.21. The minimum Gasteiger partial charge on any atom is -0.342 e. The van der Waals surface area contributed by atoms with E-state index in [2.05, 4.69) is 0 Å². The van der Waals surface area contributed by atoms with Crippen molar-refractivity contribution in [3.8, 4) is 0 Å². The molecule has 1 aromatic rings. The van der Waals surface area contributed by atoms with E-state index in [1.807, 2.05) is 0 Å². The summed E-state index contributed by atoms with van der Waals surface area (Å²) in [6, 6.07) is 0.924. The summed E-state index contributed by atoms with van der Waals surface area (Å²) < 4.78 is 48.6. The van der Waals surface area contributed by atoms with Gasteiger partial charge in [0.05, 0.1) is 10.5 Å². The largest absolute Gasteiger partial charge is 0.342 e. The number of carbonyl (C=O) groups excluding carboxylic acids is 1. The minimum atomic E-state index is -4.34. The van der Waals surface area contributed by atoms with Crippen molar-refractivity contribution < 1.29 is 22.0 Å². The van der Waals surface area contributed by atoms with E-state index in [-0.39, 0.29) is 6.54 Å². The van der Waals surface area contributed by atoms with Crippen LogP contribution in [-0.4, -0.2) is 32.8 Å². The lowest BCUT2D eigenvalue weighted by Crippen LogP contribution is -2.27. The van der Waals surface area contributed by atoms with Crippen molar-refractivity contribution in [1.82, 2.24) is 4.90 Å². The van der Waals surface area contributed by atoms with Crippen molar-refractivity contribution in [1.29, 1.82) is 0 Å². The van der Waals surface area contributed by atoms with E-state index in [1.54, 1.807) is 6.92 Å². The number of rotatable bonds is 3. The maximum Gasteiger partial charge on any atom is 0.262 e. The second-order valence-corrected chi connectivity index (χ2v) is 6.05. The first-order chi connectivity index (χ1) is 8.18. The Morgan fingerprint density at radius 1 is 1.33 bits per heavy atom. The molecular formula is C10H10ClF2NO3S. The highest BCUT2D eigenvalue weighted by Crippen LogP contribution is 2.24. The fourth-order valence-electron chi connectivity index (χ4n) is 1.25. The molecule has 0 saturated carbocycles. The van der Waals surface area contributed by atoms with E-state index in [0.29, 0.717) is 12.1 Å². The Labute approximate surface area is 108 Å². The molecule has 0 heterocycles. The second-order valence-electron chi connectivity index (χ2n) is 3.52. The van der Waals surface area contributed by atoms with Crippen molar-refractivity contribution in [2.45, 2.75) is 11.8 Å². The Morgan fingerprint density at radius 2 is 1.83 bits per heavy atom. The van der Waals surface area contributed by atoms with Crippen LogP contribution in [0.15, 0.2) is 17.0 Å². The molecule has 0 spiro atoms. The van der Waals surface area contributed by atoms with Crippen molar-refractivity contribution in [3.63, 3.8) is 0 Å². The lowest BCUT2D eigenvalue weighted by molar-refractivity contribution is 0.0798. The Morgan fingerprint density at radius 3 is 2.28 bits per heavy atom. The lowest BCUT2D eigenvalue weighted by Gasteiger charge is -2.16. The third-order valence-corrected chi connectivity index (χ3v) is 3.70. The molecule has 8 heteroatoms. The predicted molar refractivity (Wildman–Crippen MR) is 62.0 cm³/mol. The molecule has 0 N–H and O–H groups in total. The maximum absolute atomic E-state index is 13.1. The molecule has 1 rings (SSSR count). The zero-order valence-corrected chi connectivity index (χ0v) is 11.1. The molecule has 0 atom stereocenters. The number of halogens is 3. The van der Waals surface area contributed by atoms with Gasteiger partial charge < -0.3 is 4.90 Å². The normalized spacial score (nSPS) is 11.4. The number of amides is 1. The highest BCUT2D eigenvalue weighted by molar-refractivity contribution is 8.13. The first kappa shape index (κ1) is 14.8. The summed E-state index contributed by atoms with van der Waals surface area (Å²) in [5.41, 5.74) is -0.492. The molecule has 0 aromatic heterocycles. The van der Waals surface area contributed by atoms with Crippen molar-refractivity contribution in [3.05, 3.63) is 29.3 Å². The summed E-state index contributed by atoms with van der Waals surface area (Å²) in [5, 5.41) is 0. The third-order valence-electron chi connectivity index (χ3n) is 2.34. The van der Waals surface area contributed by atoms with Crippen molar-refractivity contribution >= 4 is 25.6 Å². The summed E-state index contributed by atoms with van der Waals surface area (Å²) in [5.74, 6) is -3.45. The minimum absolute atomic E-state index is 0.277. The standard InChI is InChI=1S/C10H10ClF2NO3S/c1-3-14(2)10(15)6-4-7(12)8(13)5-9(6)18(11,16)17/h4-5H,3H2,1-2H3. The van der Waals surface area contributed by atoms with Crippen LogP contribution in [0.25, 0.3) is 0 Å². The molecule has 0 aliphatic carbocycles. The molecule has 0 saturated heterocycles. The van der Waals surface area contributed by atoms with E-state index >= 15 is 0 Å². The van der Waals surface area contributed by atoms with Crippen LogP contribution in [0.1, 0.15) is 17.3 Å².